The van der Waals surface area contributed by atoms with Crippen LogP contribution in [0.2, 0.25) is 0 Å². The van der Waals surface area contributed by atoms with E-state index in [1.165, 1.54) is 17.7 Å². The molecule has 3 unspecified atom stereocenters. The van der Waals surface area contributed by atoms with Gasteiger partial charge in [0.15, 0.2) is 11.5 Å². The molecular weight excluding hydrogens is 824 g/mol. The van der Waals surface area contributed by atoms with Gasteiger partial charge < -0.3 is 50.6 Å². The molecule has 0 bridgehead atoms. The smallest absolute Gasteiger partial charge is 0.416 e. The number of fused-ring (bicyclic) bond motifs is 2. The van der Waals surface area contributed by atoms with Gasteiger partial charge in [-0.05, 0) is 100 Å². The van der Waals surface area contributed by atoms with Crippen molar-refractivity contribution in [2.24, 2.45) is 5.41 Å². The van der Waals surface area contributed by atoms with Crippen molar-refractivity contribution in [2.75, 3.05) is 45.0 Å². The van der Waals surface area contributed by atoms with Crippen LogP contribution in [-0.2, 0) is 11.0 Å². The van der Waals surface area contributed by atoms with Gasteiger partial charge in [-0.2, -0.15) is 13.2 Å². The highest BCUT2D eigenvalue weighted by Crippen LogP contribution is 2.48. The highest BCUT2D eigenvalue weighted by molar-refractivity contribution is 5.94. The van der Waals surface area contributed by atoms with Crippen LogP contribution in [0.5, 0.6) is 29.0 Å². The molecular formula is C45H56F3N7O8. The minimum absolute atomic E-state index is 0.00352. The van der Waals surface area contributed by atoms with Gasteiger partial charge in [0.05, 0.1) is 48.9 Å². The number of piperidine rings is 1. The molecule has 0 radical (unpaired) electrons. The van der Waals surface area contributed by atoms with Crippen molar-refractivity contribution in [3.05, 3.63) is 65.5 Å². The van der Waals surface area contributed by atoms with Gasteiger partial charge in [0.2, 0.25) is 17.7 Å². The summed E-state index contributed by atoms with van der Waals surface area (Å²) < 4.78 is 59.9. The maximum atomic E-state index is 13.6. The summed E-state index contributed by atoms with van der Waals surface area (Å²) in [6, 6.07) is 10.8. The number of unbranched alkanes of at least 4 members (excludes halogenated alkanes) is 3. The summed E-state index contributed by atoms with van der Waals surface area (Å²) in [5.74, 6) is 2.00. The SMILES string of the molecule is COc1cc2nc(C)nc(N[C@H](C)c3cc(N)cc(C(F)(F)F)c3)c2cc1OCC1(CN(C)C(=O)CCCCCCOc2ccc3c(O)n(C4CCC(O)NC4O)c(O)c3c2)CC1. The summed E-state index contributed by atoms with van der Waals surface area (Å²) in [6.07, 6.45) is -0.467. The molecule has 7 rings (SSSR count). The number of amides is 1. The summed E-state index contributed by atoms with van der Waals surface area (Å²) in [5, 5.41) is 49.2. The molecule has 3 aromatic carbocycles. The number of aliphatic hydroxyl groups is 2. The Morgan fingerprint density at radius 1 is 0.984 bits per heavy atom. The maximum absolute atomic E-state index is 13.6. The van der Waals surface area contributed by atoms with Crippen molar-refractivity contribution in [1.82, 2.24) is 24.8 Å². The number of aliphatic hydroxyl groups excluding tert-OH is 2. The molecule has 4 atom stereocenters. The number of ether oxygens (including phenoxy) is 3. The van der Waals surface area contributed by atoms with Gasteiger partial charge in [-0.25, -0.2) is 9.97 Å². The summed E-state index contributed by atoms with van der Waals surface area (Å²) in [7, 11) is 3.34. The number of nitrogens with two attached hydrogens (primary N) is 1. The number of hydrogen-bond donors (Lipinski definition) is 7. The Balaban J connectivity index is 0.878. The Hall–Kier alpha value is -5.72. The Bertz CT molecular complexity index is 2440. The van der Waals surface area contributed by atoms with Crippen LogP contribution < -0.4 is 30.6 Å². The topological polar surface area (TPSA) is 210 Å². The van der Waals surface area contributed by atoms with Crippen molar-refractivity contribution in [3.63, 3.8) is 0 Å². The van der Waals surface area contributed by atoms with Crippen LogP contribution in [0.25, 0.3) is 21.7 Å². The molecule has 15 nitrogen and oxygen atoms in total. The fraction of sp³-hybridized carbons (Fsp3) is 0.489. The van der Waals surface area contributed by atoms with Crippen LogP contribution in [0.3, 0.4) is 0 Å². The molecule has 18 heteroatoms. The van der Waals surface area contributed by atoms with E-state index in [-0.39, 0.29) is 28.8 Å². The highest BCUT2D eigenvalue weighted by atomic mass is 19.4. The zero-order chi connectivity index (χ0) is 45.2. The van der Waals surface area contributed by atoms with Crippen LogP contribution in [0, 0.1) is 12.3 Å². The third-order valence-electron chi connectivity index (χ3n) is 12.0. The number of aromatic hydroxyl groups is 2. The number of rotatable bonds is 18. The van der Waals surface area contributed by atoms with Crippen LogP contribution in [0.1, 0.15) is 93.7 Å². The molecule has 1 aliphatic heterocycles. The number of nitrogens with zero attached hydrogens (tertiary/aromatic N) is 4. The number of hydrogen-bond acceptors (Lipinski definition) is 13. The van der Waals surface area contributed by atoms with E-state index in [4.69, 9.17) is 19.9 Å². The summed E-state index contributed by atoms with van der Waals surface area (Å²) in [4.78, 5) is 24.1. The van der Waals surface area contributed by atoms with Crippen molar-refractivity contribution >= 4 is 39.1 Å². The maximum Gasteiger partial charge on any atom is 0.416 e. The third-order valence-corrected chi connectivity index (χ3v) is 12.0. The largest absolute Gasteiger partial charge is 0.494 e. The molecule has 1 saturated heterocycles. The van der Waals surface area contributed by atoms with E-state index in [1.807, 2.05) is 7.05 Å². The number of methoxy groups -OCH3 is 1. The standard InChI is InChI=1S/C45H56F3N7O8/c1-25(27-17-28(45(46,47)48)19-29(49)18-27)50-40-33-21-37(36(61-4)22-34(33)51-26(2)52-40)63-24-44(14-15-44)23-54(3)39(57)9-7-5-6-8-16-62-30-10-11-31-32(20-30)43(60)55(42(31)59)35-12-13-38(56)53-41(35)58/h10-11,17-22,25,35,38,41,53,56,58-60H,5-9,12-16,23-24,49H2,1-4H3,(H,50,51,52)/t25-,35?,38?,41?/m1/s1. The number of nitrogens with one attached hydrogen (secondary N) is 2. The zero-order valence-corrected chi connectivity index (χ0v) is 35.8. The van der Waals surface area contributed by atoms with Crippen LogP contribution in [0.4, 0.5) is 24.7 Å². The first kappa shape index (κ1) is 45.3. The first-order chi connectivity index (χ1) is 29.9. The monoisotopic (exact) mass is 879 g/mol. The van der Waals surface area contributed by atoms with Crippen molar-refractivity contribution in [1.29, 1.82) is 0 Å². The van der Waals surface area contributed by atoms with Gasteiger partial charge in [0, 0.05) is 48.0 Å². The molecule has 2 aliphatic rings. The average Bonchev–Trinajstić information content (AvgIpc) is 3.96. The number of carbonyl (C=O) groups excluding carboxylic acids is 1. The number of anilines is 2. The van der Waals surface area contributed by atoms with Crippen molar-refractivity contribution in [2.45, 2.75) is 102 Å². The minimum atomic E-state index is -4.55. The van der Waals surface area contributed by atoms with Gasteiger partial charge in [0.1, 0.15) is 29.8 Å². The number of nitrogen functional groups attached to an aromatic ring is 1. The average molecular weight is 880 g/mol. The lowest BCUT2D eigenvalue weighted by Gasteiger charge is -2.33. The Labute approximate surface area is 363 Å². The van der Waals surface area contributed by atoms with E-state index >= 15 is 0 Å². The molecule has 1 aliphatic carbocycles. The second kappa shape index (κ2) is 18.6. The molecule has 1 amide bonds. The number of aryl methyl sites for hydroxylation is 1. The van der Waals surface area contributed by atoms with E-state index < -0.39 is 36.3 Å². The third kappa shape index (κ3) is 10.4. The highest BCUT2D eigenvalue weighted by Gasteiger charge is 2.45. The summed E-state index contributed by atoms with van der Waals surface area (Å²) in [6.45, 7) is 4.76. The molecule has 3 heterocycles. The molecule has 8 N–H and O–H groups in total. The quantitative estimate of drug-likeness (QED) is 0.0341. The Morgan fingerprint density at radius 2 is 1.73 bits per heavy atom. The van der Waals surface area contributed by atoms with E-state index in [9.17, 15) is 38.4 Å². The first-order valence-corrected chi connectivity index (χ1v) is 21.2. The lowest BCUT2D eigenvalue weighted by atomic mass is 10.0. The van der Waals surface area contributed by atoms with Gasteiger partial charge in [0.25, 0.3) is 0 Å². The Kier molecular flexibility index (Phi) is 13.3. The van der Waals surface area contributed by atoms with Crippen molar-refractivity contribution < 1.29 is 52.6 Å². The van der Waals surface area contributed by atoms with Crippen molar-refractivity contribution in [3.8, 4) is 29.0 Å². The number of alkyl halides is 3. The molecule has 1 saturated carbocycles. The van der Waals surface area contributed by atoms with Crippen LogP contribution in [0.15, 0.2) is 48.5 Å². The van der Waals surface area contributed by atoms with Gasteiger partial charge in [-0.1, -0.05) is 12.8 Å². The molecule has 340 valence electrons. The minimum Gasteiger partial charge on any atom is -0.494 e. The van der Waals surface area contributed by atoms with E-state index in [1.54, 1.807) is 49.1 Å². The normalized spacial score (nSPS) is 18.9. The summed E-state index contributed by atoms with van der Waals surface area (Å²) >= 11 is 0. The lowest BCUT2D eigenvalue weighted by Crippen LogP contribution is -2.47. The Morgan fingerprint density at radius 3 is 2.44 bits per heavy atom. The lowest BCUT2D eigenvalue weighted by molar-refractivity contribution is -0.137. The van der Waals surface area contributed by atoms with E-state index in [0.29, 0.717) is 95.2 Å². The second-order valence-corrected chi connectivity index (χ2v) is 16.9. The predicted octanol–water partition coefficient (Wildman–Crippen LogP) is 7.30. The van der Waals surface area contributed by atoms with Gasteiger partial charge in [-0.3, -0.25) is 14.7 Å². The molecule has 2 aromatic heterocycles. The number of carbonyl (C=O) groups is 1. The van der Waals surface area contributed by atoms with Gasteiger partial charge in [-0.15, -0.1) is 0 Å². The predicted molar refractivity (Wildman–Crippen MR) is 231 cm³/mol. The molecule has 5 aromatic rings. The zero-order valence-electron chi connectivity index (χ0n) is 35.8. The first-order valence-electron chi connectivity index (χ1n) is 21.2. The molecule has 63 heavy (non-hydrogen) atoms. The number of benzene rings is 3. The van der Waals surface area contributed by atoms with Gasteiger partial charge >= 0.3 is 6.18 Å². The van der Waals surface area contributed by atoms with E-state index in [2.05, 4.69) is 20.6 Å². The van der Waals surface area contributed by atoms with E-state index in [0.717, 1.165) is 50.7 Å². The van der Waals surface area contributed by atoms with Crippen LogP contribution in [-0.4, -0.2) is 92.1 Å². The molecule has 2 fully saturated rings. The van der Waals surface area contributed by atoms with Crippen LogP contribution >= 0.6 is 0 Å². The second-order valence-electron chi connectivity index (χ2n) is 16.9. The number of halogens is 3. The fourth-order valence-corrected chi connectivity index (χ4v) is 8.29. The fourth-order valence-electron chi connectivity index (χ4n) is 8.29. The molecule has 0 spiro atoms. The number of aromatic nitrogens is 3. The summed E-state index contributed by atoms with van der Waals surface area (Å²) in [5.41, 5.74) is 5.70.